The smallest absolute Gasteiger partial charge is 0.261 e. The van der Waals surface area contributed by atoms with E-state index in [0.29, 0.717) is 61.7 Å². The number of hydrogen-bond acceptors (Lipinski definition) is 5. The number of anilines is 1. The van der Waals surface area contributed by atoms with Crippen LogP contribution in [-0.4, -0.2) is 55.2 Å². The van der Waals surface area contributed by atoms with E-state index >= 15 is 0 Å². The second-order valence-electron chi connectivity index (χ2n) is 6.93. The minimum Gasteiger partial charge on any atom is -0.366 e. The summed E-state index contributed by atoms with van der Waals surface area (Å²) in [6, 6.07) is 8.11. The molecule has 1 aliphatic heterocycles. The third-order valence-corrected chi connectivity index (χ3v) is 5.79. The number of amides is 2. The minimum atomic E-state index is -0.418. The molecule has 0 spiro atoms. The number of nitrogens with zero attached hydrogens (tertiary/aromatic N) is 2. The molecule has 1 aliphatic rings. The third kappa shape index (κ3) is 5.41. The molecular formula is C21H24FN3O3S. The van der Waals surface area contributed by atoms with E-state index in [4.69, 9.17) is 0 Å². The molecule has 3 rings (SSSR count). The average molecular weight is 418 g/mol. The van der Waals surface area contributed by atoms with E-state index < -0.39 is 5.82 Å². The van der Waals surface area contributed by atoms with Crippen molar-refractivity contribution in [3.05, 3.63) is 52.0 Å². The second kappa shape index (κ2) is 9.65. The number of carbonyl (C=O) groups is 3. The Morgan fingerprint density at radius 1 is 1.14 bits per heavy atom. The molecule has 1 aromatic carbocycles. The summed E-state index contributed by atoms with van der Waals surface area (Å²) in [6.07, 6.45) is 0.948. The molecule has 8 heteroatoms. The Balaban J connectivity index is 1.41. The van der Waals surface area contributed by atoms with Crippen molar-refractivity contribution in [2.75, 3.05) is 37.6 Å². The van der Waals surface area contributed by atoms with Crippen LogP contribution in [-0.2, 0) is 4.79 Å². The Morgan fingerprint density at radius 2 is 1.90 bits per heavy atom. The predicted molar refractivity (Wildman–Crippen MR) is 111 cm³/mol. The van der Waals surface area contributed by atoms with Gasteiger partial charge in [-0.25, -0.2) is 4.39 Å². The maximum Gasteiger partial charge on any atom is 0.261 e. The molecule has 1 N–H and O–H groups in total. The number of benzene rings is 1. The van der Waals surface area contributed by atoms with Gasteiger partial charge in [-0.05, 0) is 43.0 Å². The number of piperazine rings is 1. The van der Waals surface area contributed by atoms with Gasteiger partial charge in [-0.1, -0.05) is 6.07 Å². The van der Waals surface area contributed by atoms with Crippen LogP contribution in [0, 0.1) is 5.82 Å². The first-order valence-corrected chi connectivity index (χ1v) is 10.5. The predicted octanol–water partition coefficient (Wildman–Crippen LogP) is 2.95. The molecular weight excluding hydrogens is 393 g/mol. The summed E-state index contributed by atoms with van der Waals surface area (Å²) < 4.78 is 14.3. The maximum absolute atomic E-state index is 14.3. The molecule has 2 aromatic rings. The lowest BCUT2D eigenvalue weighted by atomic mass is 10.1. The van der Waals surface area contributed by atoms with Gasteiger partial charge in [-0.15, -0.1) is 11.3 Å². The fourth-order valence-corrected chi connectivity index (χ4v) is 3.91. The van der Waals surface area contributed by atoms with Crippen LogP contribution >= 0.6 is 11.3 Å². The standard InChI is InChI=1S/C21H24FN3O3S/c1-15(26)16-6-7-18(17(22)14-16)24-9-11-25(12-10-24)20(27)5-2-8-23-21(28)19-4-3-13-29-19/h3-4,6-7,13-14H,2,5,8-12H2,1H3,(H,23,28). The molecule has 0 radical (unpaired) electrons. The summed E-state index contributed by atoms with van der Waals surface area (Å²) in [6.45, 7) is 3.99. The van der Waals surface area contributed by atoms with Gasteiger partial charge >= 0.3 is 0 Å². The zero-order valence-corrected chi connectivity index (χ0v) is 17.1. The summed E-state index contributed by atoms with van der Waals surface area (Å²) >= 11 is 1.38. The molecule has 154 valence electrons. The Labute approximate surface area is 173 Å². The number of Topliss-reactive ketones (excluding diaryl/α,β-unsaturated/α-hetero) is 1. The van der Waals surface area contributed by atoms with Crippen LogP contribution in [0.4, 0.5) is 10.1 Å². The summed E-state index contributed by atoms with van der Waals surface area (Å²) in [5.74, 6) is -0.655. The van der Waals surface area contributed by atoms with Gasteiger partial charge in [-0.2, -0.15) is 0 Å². The zero-order valence-electron chi connectivity index (χ0n) is 16.3. The number of halogens is 1. The summed E-state index contributed by atoms with van der Waals surface area (Å²) in [7, 11) is 0. The van der Waals surface area contributed by atoms with Crippen molar-refractivity contribution < 1.29 is 18.8 Å². The second-order valence-corrected chi connectivity index (χ2v) is 7.87. The van der Waals surface area contributed by atoms with Gasteiger partial charge in [0.25, 0.3) is 5.91 Å². The highest BCUT2D eigenvalue weighted by molar-refractivity contribution is 7.12. The van der Waals surface area contributed by atoms with E-state index in [-0.39, 0.29) is 17.6 Å². The fourth-order valence-electron chi connectivity index (χ4n) is 3.27. The van der Waals surface area contributed by atoms with Crippen LogP contribution in [0.3, 0.4) is 0 Å². The molecule has 6 nitrogen and oxygen atoms in total. The summed E-state index contributed by atoms with van der Waals surface area (Å²) in [5, 5.41) is 4.67. The summed E-state index contributed by atoms with van der Waals surface area (Å²) in [4.78, 5) is 39.9. The molecule has 2 amide bonds. The van der Waals surface area contributed by atoms with Crippen LogP contribution in [0.5, 0.6) is 0 Å². The molecule has 0 bridgehead atoms. The SMILES string of the molecule is CC(=O)c1ccc(N2CCN(C(=O)CCCNC(=O)c3cccs3)CC2)c(F)c1. The van der Waals surface area contributed by atoms with Crippen LogP contribution in [0.15, 0.2) is 35.7 Å². The number of ketones is 1. The number of nitrogens with one attached hydrogen (secondary N) is 1. The lowest BCUT2D eigenvalue weighted by molar-refractivity contribution is -0.131. The van der Waals surface area contributed by atoms with Crippen LogP contribution in [0.2, 0.25) is 0 Å². The van der Waals surface area contributed by atoms with Crippen molar-refractivity contribution in [1.82, 2.24) is 10.2 Å². The number of carbonyl (C=O) groups excluding carboxylic acids is 3. The molecule has 1 aromatic heterocycles. The van der Waals surface area contributed by atoms with E-state index in [1.54, 1.807) is 23.1 Å². The van der Waals surface area contributed by atoms with Crippen molar-refractivity contribution in [3.63, 3.8) is 0 Å². The van der Waals surface area contributed by atoms with E-state index in [1.165, 1.54) is 24.3 Å². The third-order valence-electron chi connectivity index (χ3n) is 4.93. The topological polar surface area (TPSA) is 69.7 Å². The summed E-state index contributed by atoms with van der Waals surface area (Å²) in [5.41, 5.74) is 0.810. The van der Waals surface area contributed by atoms with Gasteiger partial charge in [0.2, 0.25) is 5.91 Å². The first-order valence-electron chi connectivity index (χ1n) is 9.60. The van der Waals surface area contributed by atoms with E-state index in [0.717, 1.165) is 0 Å². The highest BCUT2D eigenvalue weighted by atomic mass is 32.1. The average Bonchev–Trinajstić information content (AvgIpc) is 3.26. The van der Waals surface area contributed by atoms with Crippen LogP contribution in [0.25, 0.3) is 0 Å². The molecule has 0 unspecified atom stereocenters. The van der Waals surface area contributed by atoms with Crippen LogP contribution < -0.4 is 10.2 Å². The van der Waals surface area contributed by atoms with Gasteiger partial charge in [0.1, 0.15) is 5.82 Å². The quantitative estimate of drug-likeness (QED) is 0.556. The fraction of sp³-hybridized carbons (Fsp3) is 0.381. The van der Waals surface area contributed by atoms with Crippen molar-refractivity contribution >= 4 is 34.6 Å². The maximum atomic E-state index is 14.3. The van der Waals surface area contributed by atoms with E-state index in [9.17, 15) is 18.8 Å². The van der Waals surface area contributed by atoms with Crippen molar-refractivity contribution in [1.29, 1.82) is 0 Å². The molecule has 0 aliphatic carbocycles. The van der Waals surface area contributed by atoms with Gasteiger partial charge in [0, 0.05) is 44.7 Å². The zero-order chi connectivity index (χ0) is 20.8. The Bertz CT molecular complexity index is 877. The van der Waals surface area contributed by atoms with Crippen molar-refractivity contribution in [3.8, 4) is 0 Å². The molecule has 0 atom stereocenters. The largest absolute Gasteiger partial charge is 0.366 e. The monoisotopic (exact) mass is 417 g/mol. The normalized spacial score (nSPS) is 14.0. The Hall–Kier alpha value is -2.74. The van der Waals surface area contributed by atoms with E-state index in [1.807, 2.05) is 16.3 Å². The minimum absolute atomic E-state index is 0.0439. The molecule has 0 saturated carbocycles. The first-order chi connectivity index (χ1) is 14.0. The lowest BCUT2D eigenvalue weighted by Gasteiger charge is -2.36. The van der Waals surface area contributed by atoms with Crippen molar-refractivity contribution in [2.24, 2.45) is 0 Å². The number of rotatable bonds is 7. The van der Waals surface area contributed by atoms with Gasteiger partial charge in [-0.3, -0.25) is 14.4 Å². The number of hydrogen-bond donors (Lipinski definition) is 1. The lowest BCUT2D eigenvalue weighted by Crippen LogP contribution is -2.49. The number of thiophene rings is 1. The highest BCUT2D eigenvalue weighted by Crippen LogP contribution is 2.22. The molecule has 29 heavy (non-hydrogen) atoms. The van der Waals surface area contributed by atoms with E-state index in [2.05, 4.69) is 5.32 Å². The van der Waals surface area contributed by atoms with Crippen molar-refractivity contribution in [2.45, 2.75) is 19.8 Å². The van der Waals surface area contributed by atoms with Gasteiger partial charge in [0.05, 0.1) is 10.6 Å². The molecule has 1 saturated heterocycles. The van der Waals surface area contributed by atoms with Crippen LogP contribution in [0.1, 0.15) is 39.8 Å². The highest BCUT2D eigenvalue weighted by Gasteiger charge is 2.23. The Kier molecular flexibility index (Phi) is 6.98. The Morgan fingerprint density at radius 3 is 2.52 bits per heavy atom. The van der Waals surface area contributed by atoms with Gasteiger partial charge in [0.15, 0.2) is 5.78 Å². The first kappa shape index (κ1) is 21.0. The molecule has 1 fully saturated rings. The molecule has 2 heterocycles. The van der Waals surface area contributed by atoms with Gasteiger partial charge < -0.3 is 15.1 Å².